The summed E-state index contributed by atoms with van der Waals surface area (Å²) < 4.78 is 5.92. The van der Waals surface area contributed by atoms with Crippen LogP contribution in [0.15, 0.2) is 39.9 Å². The summed E-state index contributed by atoms with van der Waals surface area (Å²) in [6.07, 6.45) is 4.04. The van der Waals surface area contributed by atoms with E-state index in [-0.39, 0.29) is 5.91 Å². The van der Waals surface area contributed by atoms with Gasteiger partial charge in [0.25, 0.3) is 0 Å². The van der Waals surface area contributed by atoms with Gasteiger partial charge in [-0.25, -0.2) is 9.98 Å². The second-order valence-electron chi connectivity index (χ2n) is 8.51. The van der Waals surface area contributed by atoms with E-state index in [2.05, 4.69) is 46.1 Å². The Kier molecular flexibility index (Phi) is 7.42. The first kappa shape index (κ1) is 22.3. The van der Waals surface area contributed by atoms with Crippen LogP contribution >= 0.6 is 0 Å². The van der Waals surface area contributed by atoms with Gasteiger partial charge >= 0.3 is 0 Å². The number of benzene rings is 1. The fourth-order valence-corrected chi connectivity index (χ4v) is 4.18. The summed E-state index contributed by atoms with van der Waals surface area (Å²) in [5.74, 6) is 2.50. The maximum Gasteiger partial charge on any atom is 0.236 e. The minimum Gasteiger partial charge on any atom is -0.439 e. The molecule has 2 fully saturated rings. The van der Waals surface area contributed by atoms with Gasteiger partial charge in [-0.1, -0.05) is 29.8 Å². The van der Waals surface area contributed by atoms with Crippen molar-refractivity contribution >= 4 is 11.9 Å². The van der Waals surface area contributed by atoms with E-state index in [1.54, 1.807) is 6.20 Å². The maximum atomic E-state index is 12.4. The first-order valence-corrected chi connectivity index (χ1v) is 11.7. The van der Waals surface area contributed by atoms with Crippen LogP contribution in [0.2, 0.25) is 0 Å². The Morgan fingerprint density at radius 3 is 2.47 bits per heavy atom. The van der Waals surface area contributed by atoms with Crippen LogP contribution in [-0.2, 0) is 11.3 Å². The molecule has 0 bridgehead atoms. The number of guanidine groups is 1. The van der Waals surface area contributed by atoms with Gasteiger partial charge in [0, 0.05) is 51.4 Å². The van der Waals surface area contributed by atoms with Crippen molar-refractivity contribution in [3.05, 3.63) is 41.9 Å². The van der Waals surface area contributed by atoms with Crippen LogP contribution in [0.3, 0.4) is 0 Å². The normalized spacial score (nSPS) is 17.8. The summed E-state index contributed by atoms with van der Waals surface area (Å²) in [5, 5.41) is 3.38. The van der Waals surface area contributed by atoms with Gasteiger partial charge in [-0.3, -0.25) is 9.69 Å². The third-order valence-corrected chi connectivity index (χ3v) is 6.08. The number of aryl methyl sites for hydroxylation is 1. The molecule has 1 aromatic carbocycles. The van der Waals surface area contributed by atoms with Gasteiger partial charge in [0.05, 0.1) is 12.7 Å². The van der Waals surface area contributed by atoms with Crippen molar-refractivity contribution in [1.29, 1.82) is 0 Å². The lowest BCUT2D eigenvalue weighted by molar-refractivity contribution is -0.131. The number of carbonyl (C=O) groups is 1. The molecule has 1 aromatic heterocycles. The lowest BCUT2D eigenvalue weighted by Crippen LogP contribution is -2.54. The number of aliphatic imine (C=N–C) groups is 1. The Bertz CT molecular complexity index is 909. The molecular formula is C24H34N6O2. The fraction of sp³-hybridized carbons (Fsp3) is 0.542. The Balaban J connectivity index is 1.31. The van der Waals surface area contributed by atoms with Crippen molar-refractivity contribution in [1.82, 2.24) is 25.0 Å². The minimum atomic E-state index is 0.268. The van der Waals surface area contributed by atoms with Crippen LogP contribution in [0.1, 0.15) is 31.2 Å². The average Bonchev–Trinajstić information content (AvgIpc) is 3.50. The van der Waals surface area contributed by atoms with Gasteiger partial charge in [0.1, 0.15) is 6.54 Å². The van der Waals surface area contributed by atoms with E-state index in [4.69, 9.17) is 9.41 Å². The molecule has 2 saturated heterocycles. The summed E-state index contributed by atoms with van der Waals surface area (Å²) >= 11 is 0. The number of aromatic nitrogens is 1. The highest BCUT2D eigenvalue weighted by Gasteiger charge is 2.24. The molecule has 0 aliphatic carbocycles. The van der Waals surface area contributed by atoms with Crippen molar-refractivity contribution < 1.29 is 9.21 Å². The van der Waals surface area contributed by atoms with E-state index in [1.807, 2.05) is 17.0 Å². The zero-order valence-corrected chi connectivity index (χ0v) is 19.2. The molecule has 32 heavy (non-hydrogen) atoms. The van der Waals surface area contributed by atoms with E-state index >= 15 is 0 Å². The first-order valence-electron chi connectivity index (χ1n) is 11.7. The number of hydrogen-bond acceptors (Lipinski definition) is 5. The molecule has 0 radical (unpaired) electrons. The zero-order valence-electron chi connectivity index (χ0n) is 19.2. The van der Waals surface area contributed by atoms with Crippen LogP contribution in [0, 0.1) is 6.92 Å². The largest absolute Gasteiger partial charge is 0.439 e. The molecular weight excluding hydrogens is 404 g/mol. The molecule has 172 valence electrons. The third-order valence-electron chi connectivity index (χ3n) is 6.08. The van der Waals surface area contributed by atoms with Gasteiger partial charge in [0.2, 0.25) is 11.8 Å². The lowest BCUT2D eigenvalue weighted by atomic mass is 10.1. The number of rotatable bonds is 6. The summed E-state index contributed by atoms with van der Waals surface area (Å²) in [6.45, 7) is 11.1. The molecule has 1 amide bonds. The zero-order chi connectivity index (χ0) is 22.3. The number of amides is 1. The number of piperazine rings is 1. The van der Waals surface area contributed by atoms with Crippen LogP contribution in [0.25, 0.3) is 11.3 Å². The molecule has 8 nitrogen and oxygen atoms in total. The first-order chi connectivity index (χ1) is 15.6. The van der Waals surface area contributed by atoms with Crippen LogP contribution in [0.5, 0.6) is 0 Å². The second kappa shape index (κ2) is 10.6. The van der Waals surface area contributed by atoms with E-state index < -0.39 is 0 Å². The third kappa shape index (κ3) is 5.68. The Morgan fingerprint density at radius 1 is 1.06 bits per heavy atom. The molecule has 0 saturated carbocycles. The highest BCUT2D eigenvalue weighted by atomic mass is 16.4. The van der Waals surface area contributed by atoms with Crippen molar-refractivity contribution in [2.75, 3.05) is 52.4 Å². The number of oxazole rings is 1. The molecule has 1 N–H and O–H groups in total. The predicted octanol–water partition coefficient (Wildman–Crippen LogP) is 2.36. The molecule has 0 atom stereocenters. The smallest absolute Gasteiger partial charge is 0.236 e. The Morgan fingerprint density at radius 2 is 1.78 bits per heavy atom. The van der Waals surface area contributed by atoms with Crippen molar-refractivity contribution in [3.8, 4) is 11.3 Å². The summed E-state index contributed by atoms with van der Waals surface area (Å²) in [7, 11) is 0. The molecule has 3 heterocycles. The standard InChI is InChI=1S/C24H34N6O2/c1-3-25-24(27-17-22-26-16-21(32-22)20-8-6-19(2)7-9-20)30-14-12-28(13-15-30)18-23(31)29-10-4-5-11-29/h6-9,16H,3-5,10-15,17-18H2,1-2H3,(H,25,27). The van der Waals surface area contributed by atoms with E-state index in [1.165, 1.54) is 5.56 Å². The SMILES string of the molecule is CCNC(=NCc1ncc(-c2ccc(C)cc2)o1)N1CCN(CC(=O)N2CCCC2)CC1. The molecule has 2 aromatic rings. The minimum absolute atomic E-state index is 0.268. The van der Waals surface area contributed by atoms with Crippen LogP contribution < -0.4 is 5.32 Å². The highest BCUT2D eigenvalue weighted by molar-refractivity contribution is 5.80. The highest BCUT2D eigenvalue weighted by Crippen LogP contribution is 2.21. The average molecular weight is 439 g/mol. The summed E-state index contributed by atoms with van der Waals surface area (Å²) in [6, 6.07) is 8.22. The molecule has 2 aliphatic heterocycles. The lowest BCUT2D eigenvalue weighted by Gasteiger charge is -2.36. The van der Waals surface area contributed by atoms with Crippen LogP contribution in [-0.4, -0.2) is 83.9 Å². The number of hydrogen-bond donors (Lipinski definition) is 1. The number of nitrogens with zero attached hydrogens (tertiary/aromatic N) is 5. The van der Waals surface area contributed by atoms with E-state index in [0.717, 1.165) is 75.9 Å². The molecule has 2 aliphatic rings. The number of nitrogens with one attached hydrogen (secondary N) is 1. The van der Waals surface area contributed by atoms with Gasteiger partial charge in [0.15, 0.2) is 11.7 Å². The molecule has 0 spiro atoms. The Hall–Kier alpha value is -2.87. The Labute approximate surface area is 190 Å². The van der Waals surface area contributed by atoms with Gasteiger partial charge in [-0.15, -0.1) is 0 Å². The van der Waals surface area contributed by atoms with Crippen molar-refractivity contribution in [2.45, 2.75) is 33.2 Å². The molecule has 8 heteroatoms. The second-order valence-corrected chi connectivity index (χ2v) is 8.51. The van der Waals surface area contributed by atoms with E-state index in [0.29, 0.717) is 19.0 Å². The quantitative estimate of drug-likeness (QED) is 0.551. The molecule has 4 rings (SSSR count). The molecule has 0 unspecified atom stereocenters. The van der Waals surface area contributed by atoms with Gasteiger partial charge in [-0.2, -0.15) is 0 Å². The van der Waals surface area contributed by atoms with Crippen molar-refractivity contribution in [2.24, 2.45) is 4.99 Å². The summed E-state index contributed by atoms with van der Waals surface area (Å²) in [5.41, 5.74) is 2.23. The maximum absolute atomic E-state index is 12.4. The number of carbonyl (C=O) groups excluding carboxylic acids is 1. The van der Waals surface area contributed by atoms with Crippen LogP contribution in [0.4, 0.5) is 0 Å². The van der Waals surface area contributed by atoms with Gasteiger partial charge in [-0.05, 0) is 26.7 Å². The summed E-state index contributed by atoms with van der Waals surface area (Å²) in [4.78, 5) is 28.1. The van der Waals surface area contributed by atoms with E-state index in [9.17, 15) is 4.79 Å². The number of likely N-dealkylation sites (tertiary alicyclic amines) is 1. The van der Waals surface area contributed by atoms with Gasteiger partial charge < -0.3 is 19.5 Å². The topological polar surface area (TPSA) is 77.2 Å². The fourth-order valence-electron chi connectivity index (χ4n) is 4.18. The monoisotopic (exact) mass is 438 g/mol. The van der Waals surface area contributed by atoms with Crippen molar-refractivity contribution in [3.63, 3.8) is 0 Å². The predicted molar refractivity (Wildman–Crippen MR) is 125 cm³/mol.